The van der Waals surface area contributed by atoms with Crippen LogP contribution in [0.5, 0.6) is 0 Å². The highest BCUT2D eigenvalue weighted by atomic mass is 32.2. The fourth-order valence-electron chi connectivity index (χ4n) is 2.96. The summed E-state index contributed by atoms with van der Waals surface area (Å²) in [4.78, 5) is 23.5. The molecule has 0 N–H and O–H groups in total. The standard InChI is InChI=1S/C21H19N5OS/c1-25-20-18(12-24-25)21(23-15-22-20)28-14-19(27)26(17-10-6-3-7-11-17)13-16-8-4-2-5-9-16/h2-12,15H,13-14H2,1H3. The number of anilines is 1. The normalized spacial score (nSPS) is 10.9. The SMILES string of the molecule is Cn1ncc2c(SCC(=O)N(Cc3ccccc3)c3ccccc3)ncnc21. The first-order chi connectivity index (χ1) is 13.7. The molecule has 0 spiro atoms. The lowest BCUT2D eigenvalue weighted by atomic mass is 10.2. The molecular formula is C21H19N5OS. The van der Waals surface area contributed by atoms with Crippen LogP contribution in [0, 0.1) is 0 Å². The van der Waals surface area contributed by atoms with Crippen molar-refractivity contribution in [1.82, 2.24) is 19.7 Å². The van der Waals surface area contributed by atoms with Crippen LogP contribution in [0.4, 0.5) is 5.69 Å². The quantitative estimate of drug-likeness (QED) is 0.372. The van der Waals surface area contributed by atoms with Crippen LogP contribution in [0.15, 0.2) is 78.2 Å². The number of thioether (sulfide) groups is 1. The van der Waals surface area contributed by atoms with Crippen LogP contribution in [-0.4, -0.2) is 31.4 Å². The molecule has 4 rings (SSSR count). The molecule has 2 aromatic heterocycles. The summed E-state index contributed by atoms with van der Waals surface area (Å²) in [6, 6.07) is 19.7. The highest BCUT2D eigenvalue weighted by Crippen LogP contribution is 2.25. The van der Waals surface area contributed by atoms with Crippen molar-refractivity contribution in [2.24, 2.45) is 7.05 Å². The number of fused-ring (bicyclic) bond motifs is 1. The molecule has 2 heterocycles. The highest BCUT2D eigenvalue weighted by molar-refractivity contribution is 8.00. The van der Waals surface area contributed by atoms with E-state index in [1.165, 1.54) is 18.1 Å². The second-order valence-electron chi connectivity index (χ2n) is 6.27. The Labute approximate surface area is 167 Å². The predicted octanol–water partition coefficient (Wildman–Crippen LogP) is 3.69. The maximum atomic E-state index is 13.1. The number of benzene rings is 2. The predicted molar refractivity (Wildman–Crippen MR) is 111 cm³/mol. The Balaban J connectivity index is 1.55. The zero-order valence-corrected chi connectivity index (χ0v) is 16.2. The van der Waals surface area contributed by atoms with E-state index in [1.807, 2.05) is 72.6 Å². The molecule has 0 fully saturated rings. The molecule has 2 aromatic carbocycles. The molecule has 0 unspecified atom stereocenters. The van der Waals surface area contributed by atoms with Gasteiger partial charge in [0, 0.05) is 12.7 Å². The Bertz CT molecular complexity index is 1080. The van der Waals surface area contributed by atoms with Gasteiger partial charge in [0.05, 0.1) is 23.9 Å². The Morgan fingerprint density at radius 2 is 1.75 bits per heavy atom. The molecule has 7 heteroatoms. The van der Waals surface area contributed by atoms with Crippen molar-refractivity contribution < 1.29 is 4.79 Å². The molecule has 4 aromatic rings. The summed E-state index contributed by atoms with van der Waals surface area (Å²) in [6.07, 6.45) is 3.25. The monoisotopic (exact) mass is 389 g/mol. The van der Waals surface area contributed by atoms with Crippen molar-refractivity contribution in [2.75, 3.05) is 10.7 Å². The number of hydrogen-bond donors (Lipinski definition) is 0. The van der Waals surface area contributed by atoms with Crippen LogP contribution in [0.1, 0.15) is 5.56 Å². The van der Waals surface area contributed by atoms with Gasteiger partial charge in [-0.15, -0.1) is 0 Å². The number of carbonyl (C=O) groups excluding carboxylic acids is 1. The Hall–Kier alpha value is -3.19. The minimum absolute atomic E-state index is 0.0238. The number of para-hydroxylation sites is 1. The summed E-state index contributed by atoms with van der Waals surface area (Å²) >= 11 is 1.41. The average Bonchev–Trinajstić information content (AvgIpc) is 3.13. The lowest BCUT2D eigenvalue weighted by Crippen LogP contribution is -2.31. The van der Waals surface area contributed by atoms with E-state index in [0.29, 0.717) is 6.54 Å². The maximum Gasteiger partial charge on any atom is 0.237 e. The third-order valence-corrected chi connectivity index (χ3v) is 5.37. The first-order valence-corrected chi connectivity index (χ1v) is 9.86. The minimum Gasteiger partial charge on any atom is -0.307 e. The van der Waals surface area contributed by atoms with Gasteiger partial charge in [0.2, 0.25) is 5.91 Å². The van der Waals surface area contributed by atoms with Crippen LogP contribution in [0.25, 0.3) is 11.0 Å². The number of aromatic nitrogens is 4. The third kappa shape index (κ3) is 3.89. The molecule has 6 nitrogen and oxygen atoms in total. The first kappa shape index (κ1) is 18.2. The van der Waals surface area contributed by atoms with E-state index in [1.54, 1.807) is 10.9 Å². The van der Waals surface area contributed by atoms with Gasteiger partial charge in [-0.3, -0.25) is 9.48 Å². The van der Waals surface area contributed by atoms with E-state index in [2.05, 4.69) is 15.1 Å². The molecule has 0 radical (unpaired) electrons. The summed E-state index contributed by atoms with van der Waals surface area (Å²) in [5, 5.41) is 5.85. The van der Waals surface area contributed by atoms with Gasteiger partial charge < -0.3 is 4.90 Å². The molecule has 0 aliphatic heterocycles. The molecule has 0 bridgehead atoms. The largest absolute Gasteiger partial charge is 0.307 e. The number of hydrogen-bond acceptors (Lipinski definition) is 5. The number of nitrogens with zero attached hydrogens (tertiary/aromatic N) is 5. The topological polar surface area (TPSA) is 63.9 Å². The van der Waals surface area contributed by atoms with Crippen molar-refractivity contribution in [3.05, 3.63) is 78.8 Å². The van der Waals surface area contributed by atoms with Crippen molar-refractivity contribution in [3.8, 4) is 0 Å². The number of rotatable bonds is 6. The van der Waals surface area contributed by atoms with Gasteiger partial charge in [-0.1, -0.05) is 60.3 Å². The van der Waals surface area contributed by atoms with Gasteiger partial charge >= 0.3 is 0 Å². The van der Waals surface area contributed by atoms with Crippen LogP contribution in [0.3, 0.4) is 0 Å². The zero-order valence-electron chi connectivity index (χ0n) is 15.4. The van der Waals surface area contributed by atoms with Crippen molar-refractivity contribution in [3.63, 3.8) is 0 Å². The van der Waals surface area contributed by atoms with E-state index in [9.17, 15) is 4.79 Å². The summed E-state index contributed by atoms with van der Waals surface area (Å²) < 4.78 is 1.70. The third-order valence-electron chi connectivity index (χ3n) is 4.38. The second-order valence-corrected chi connectivity index (χ2v) is 7.24. The number of aryl methyl sites for hydroxylation is 1. The summed E-state index contributed by atoms with van der Waals surface area (Å²) in [7, 11) is 1.84. The molecular weight excluding hydrogens is 370 g/mol. The van der Waals surface area contributed by atoms with Gasteiger partial charge in [-0.05, 0) is 17.7 Å². The van der Waals surface area contributed by atoms with E-state index in [-0.39, 0.29) is 11.7 Å². The van der Waals surface area contributed by atoms with E-state index >= 15 is 0 Å². The fourth-order valence-corrected chi connectivity index (χ4v) is 3.80. The first-order valence-electron chi connectivity index (χ1n) is 8.87. The molecule has 0 saturated heterocycles. The smallest absolute Gasteiger partial charge is 0.237 e. The van der Waals surface area contributed by atoms with Crippen molar-refractivity contribution in [1.29, 1.82) is 0 Å². The van der Waals surface area contributed by atoms with Gasteiger partial charge in [0.1, 0.15) is 11.4 Å². The zero-order chi connectivity index (χ0) is 19.3. The van der Waals surface area contributed by atoms with Crippen molar-refractivity contribution in [2.45, 2.75) is 11.6 Å². The maximum absolute atomic E-state index is 13.1. The Morgan fingerprint density at radius 1 is 1.04 bits per heavy atom. The fraction of sp³-hybridized carbons (Fsp3) is 0.143. The lowest BCUT2D eigenvalue weighted by molar-refractivity contribution is -0.116. The van der Waals surface area contributed by atoms with Gasteiger partial charge in [-0.25, -0.2) is 9.97 Å². The van der Waals surface area contributed by atoms with Gasteiger partial charge in [-0.2, -0.15) is 5.10 Å². The number of amides is 1. The molecule has 0 atom stereocenters. The Morgan fingerprint density at radius 3 is 2.50 bits per heavy atom. The van der Waals surface area contributed by atoms with Crippen LogP contribution < -0.4 is 4.90 Å². The van der Waals surface area contributed by atoms with Crippen LogP contribution in [-0.2, 0) is 18.4 Å². The summed E-state index contributed by atoms with van der Waals surface area (Å²) in [6.45, 7) is 0.524. The van der Waals surface area contributed by atoms with Crippen LogP contribution >= 0.6 is 11.8 Å². The number of carbonyl (C=O) groups is 1. The minimum atomic E-state index is 0.0238. The molecule has 28 heavy (non-hydrogen) atoms. The summed E-state index contributed by atoms with van der Waals surface area (Å²) in [5.74, 6) is 0.304. The average molecular weight is 389 g/mol. The second kappa shape index (κ2) is 8.22. The molecule has 0 aliphatic carbocycles. The molecule has 0 aliphatic rings. The van der Waals surface area contributed by atoms with Gasteiger partial charge in [0.15, 0.2) is 5.65 Å². The van der Waals surface area contributed by atoms with Crippen molar-refractivity contribution >= 4 is 34.4 Å². The highest BCUT2D eigenvalue weighted by Gasteiger charge is 2.18. The molecule has 140 valence electrons. The van der Waals surface area contributed by atoms with E-state index < -0.39 is 0 Å². The summed E-state index contributed by atoms with van der Waals surface area (Å²) in [5.41, 5.74) is 2.72. The van der Waals surface area contributed by atoms with Gasteiger partial charge in [0.25, 0.3) is 0 Å². The van der Waals surface area contributed by atoms with Crippen LogP contribution in [0.2, 0.25) is 0 Å². The van der Waals surface area contributed by atoms with E-state index in [0.717, 1.165) is 27.3 Å². The Kier molecular flexibility index (Phi) is 5.34. The molecule has 0 saturated carbocycles. The molecule has 1 amide bonds. The van der Waals surface area contributed by atoms with E-state index in [4.69, 9.17) is 0 Å². The lowest BCUT2D eigenvalue weighted by Gasteiger charge is -2.23.